The fourth-order valence-electron chi connectivity index (χ4n) is 2.04. The zero-order valence-electron chi connectivity index (χ0n) is 10.0. The quantitative estimate of drug-likeness (QED) is 0.693. The molecule has 16 heavy (non-hydrogen) atoms. The van der Waals surface area contributed by atoms with Crippen LogP contribution < -0.4 is 0 Å². The Morgan fingerprint density at radius 1 is 1.12 bits per heavy atom. The van der Waals surface area contributed by atoms with Crippen molar-refractivity contribution in [1.82, 2.24) is 0 Å². The van der Waals surface area contributed by atoms with Crippen molar-refractivity contribution in [2.24, 2.45) is 0 Å². The number of allylic oxidation sites excluding steroid dienone is 1. The van der Waals surface area contributed by atoms with Gasteiger partial charge < -0.3 is 0 Å². The third-order valence-electron chi connectivity index (χ3n) is 2.94. The van der Waals surface area contributed by atoms with Gasteiger partial charge in [-0.05, 0) is 35.6 Å². The van der Waals surface area contributed by atoms with Crippen molar-refractivity contribution in [3.8, 4) is 0 Å². The van der Waals surface area contributed by atoms with Crippen LogP contribution in [-0.4, -0.2) is 8.42 Å². The molecule has 0 aliphatic carbocycles. The van der Waals surface area contributed by atoms with Crippen LogP contribution in [0.3, 0.4) is 0 Å². The molecule has 1 heterocycles. The average molecular weight is 236 g/mol. The molecule has 1 aliphatic heterocycles. The summed E-state index contributed by atoms with van der Waals surface area (Å²) in [5, 5.41) is 0. The first-order chi connectivity index (χ1) is 7.24. The van der Waals surface area contributed by atoms with Gasteiger partial charge in [0.2, 0.25) is 9.84 Å². The lowest BCUT2D eigenvalue weighted by atomic mass is 9.84. The molecule has 1 aromatic carbocycles. The number of benzene rings is 1. The third-order valence-corrected chi connectivity index (χ3v) is 4.84. The molecule has 0 atom stereocenters. The summed E-state index contributed by atoms with van der Waals surface area (Å²) >= 11 is 0. The van der Waals surface area contributed by atoms with Crippen molar-refractivity contribution >= 4 is 15.9 Å². The summed E-state index contributed by atoms with van der Waals surface area (Å²) in [4.78, 5) is 0.900. The van der Waals surface area contributed by atoms with Crippen LogP contribution in [0.25, 0.3) is 6.08 Å². The van der Waals surface area contributed by atoms with Crippen LogP contribution in [0.4, 0.5) is 0 Å². The predicted molar refractivity (Wildman–Crippen MR) is 66.0 cm³/mol. The second-order valence-electron chi connectivity index (χ2n) is 5.23. The summed E-state index contributed by atoms with van der Waals surface area (Å²) in [5.41, 5.74) is 1.92. The lowest BCUT2D eigenvalue weighted by molar-refractivity contribution is 0.585. The van der Waals surface area contributed by atoms with Gasteiger partial charge in [0.1, 0.15) is 0 Å². The van der Waals surface area contributed by atoms with Gasteiger partial charge in [-0.3, -0.25) is 0 Å². The van der Waals surface area contributed by atoms with Gasteiger partial charge in [0.25, 0.3) is 0 Å². The van der Waals surface area contributed by atoms with Crippen LogP contribution in [0.15, 0.2) is 28.0 Å². The highest BCUT2D eigenvalue weighted by atomic mass is 32.2. The average Bonchev–Trinajstić information content (AvgIpc) is 2.37. The third kappa shape index (κ3) is 1.50. The standard InChI is InChI=1S/C13H16O2S/c1-9-8-10-11(13(2,3)4)6-5-7-12(10)16(9,14)15/h5-8H,1-4H3. The van der Waals surface area contributed by atoms with E-state index in [0.717, 1.165) is 11.1 Å². The van der Waals surface area contributed by atoms with E-state index in [-0.39, 0.29) is 5.41 Å². The molecule has 0 spiro atoms. The molecule has 1 aromatic rings. The molecule has 2 rings (SSSR count). The summed E-state index contributed by atoms with van der Waals surface area (Å²) < 4.78 is 24.0. The molecule has 2 nitrogen and oxygen atoms in total. The van der Waals surface area contributed by atoms with E-state index in [1.807, 2.05) is 12.1 Å². The topological polar surface area (TPSA) is 34.1 Å². The Labute approximate surface area is 96.9 Å². The maximum Gasteiger partial charge on any atom is 0.203 e. The lowest BCUT2D eigenvalue weighted by Crippen LogP contribution is -2.13. The number of hydrogen-bond donors (Lipinski definition) is 0. The zero-order chi connectivity index (χ0) is 12.1. The monoisotopic (exact) mass is 236 g/mol. The molecule has 1 aliphatic rings. The molecule has 3 heteroatoms. The van der Waals surface area contributed by atoms with Crippen molar-refractivity contribution in [2.75, 3.05) is 0 Å². The van der Waals surface area contributed by atoms with Gasteiger partial charge in [0.05, 0.1) is 4.90 Å². The first-order valence-electron chi connectivity index (χ1n) is 5.31. The molecule has 86 valence electrons. The van der Waals surface area contributed by atoms with Crippen LogP contribution in [0.1, 0.15) is 38.8 Å². The smallest absolute Gasteiger partial charge is 0.203 e. The normalized spacial score (nSPS) is 18.1. The number of hydrogen-bond acceptors (Lipinski definition) is 2. The van der Waals surface area contributed by atoms with E-state index in [9.17, 15) is 8.42 Å². The molecule has 0 saturated carbocycles. The van der Waals surface area contributed by atoms with Crippen molar-refractivity contribution in [3.63, 3.8) is 0 Å². The molecule has 0 aromatic heterocycles. The summed E-state index contributed by atoms with van der Waals surface area (Å²) in [5.74, 6) is 0. The minimum atomic E-state index is -3.21. The number of fused-ring (bicyclic) bond motifs is 1. The molecule has 0 amide bonds. The molecule has 0 N–H and O–H groups in total. The summed E-state index contributed by atoms with van der Waals surface area (Å²) in [6, 6.07) is 5.51. The molecule has 0 bridgehead atoms. The molecule has 0 unspecified atom stereocenters. The molecule has 0 radical (unpaired) electrons. The first-order valence-corrected chi connectivity index (χ1v) is 6.80. The van der Waals surface area contributed by atoms with Crippen molar-refractivity contribution in [3.05, 3.63) is 34.2 Å². The second kappa shape index (κ2) is 3.20. The van der Waals surface area contributed by atoms with Gasteiger partial charge in [-0.1, -0.05) is 32.9 Å². The van der Waals surface area contributed by atoms with E-state index in [0.29, 0.717) is 9.80 Å². The molecule has 0 fully saturated rings. The fourth-order valence-corrected chi connectivity index (χ4v) is 3.37. The highest BCUT2D eigenvalue weighted by Crippen LogP contribution is 2.38. The molecular weight excluding hydrogens is 220 g/mol. The minimum absolute atomic E-state index is 0.0397. The predicted octanol–water partition coefficient (Wildman–Crippen LogP) is 3.13. The summed E-state index contributed by atoms with van der Waals surface area (Å²) in [7, 11) is -3.21. The summed E-state index contributed by atoms with van der Waals surface area (Å²) in [6.45, 7) is 7.94. The Hall–Kier alpha value is -1.09. The van der Waals surface area contributed by atoms with Crippen LogP contribution in [0.2, 0.25) is 0 Å². The highest BCUT2D eigenvalue weighted by Gasteiger charge is 2.30. The Balaban J connectivity index is 2.80. The highest BCUT2D eigenvalue weighted by molar-refractivity contribution is 7.95. The summed E-state index contributed by atoms with van der Waals surface area (Å²) in [6.07, 6.45) is 1.78. The van der Waals surface area contributed by atoms with Crippen LogP contribution in [-0.2, 0) is 15.3 Å². The van der Waals surface area contributed by atoms with Crippen molar-refractivity contribution in [1.29, 1.82) is 0 Å². The first kappa shape index (κ1) is 11.4. The maximum absolute atomic E-state index is 12.0. The van der Waals surface area contributed by atoms with Crippen LogP contribution >= 0.6 is 0 Å². The second-order valence-corrected chi connectivity index (χ2v) is 7.32. The Kier molecular flexibility index (Phi) is 2.28. The Morgan fingerprint density at radius 2 is 1.75 bits per heavy atom. The van der Waals surface area contributed by atoms with Gasteiger partial charge in [0, 0.05) is 4.91 Å². The van der Waals surface area contributed by atoms with Crippen LogP contribution in [0.5, 0.6) is 0 Å². The Bertz CT molecular complexity index is 572. The van der Waals surface area contributed by atoms with E-state index in [2.05, 4.69) is 20.8 Å². The zero-order valence-corrected chi connectivity index (χ0v) is 10.9. The fraction of sp³-hybridized carbons (Fsp3) is 0.385. The number of sulfone groups is 1. The Morgan fingerprint density at radius 3 is 2.31 bits per heavy atom. The largest absolute Gasteiger partial charge is 0.219 e. The van der Waals surface area contributed by atoms with Gasteiger partial charge >= 0.3 is 0 Å². The molecule has 0 saturated heterocycles. The minimum Gasteiger partial charge on any atom is -0.219 e. The maximum atomic E-state index is 12.0. The van der Waals surface area contributed by atoms with Gasteiger partial charge in [-0.15, -0.1) is 0 Å². The lowest BCUT2D eigenvalue weighted by Gasteiger charge is -2.21. The van der Waals surface area contributed by atoms with E-state index in [1.165, 1.54) is 0 Å². The SMILES string of the molecule is CC1=Cc2c(C(C)(C)C)cccc2S1(=O)=O. The van der Waals surface area contributed by atoms with Gasteiger partial charge in [-0.2, -0.15) is 0 Å². The van der Waals surface area contributed by atoms with Crippen molar-refractivity contribution < 1.29 is 8.42 Å². The van der Waals surface area contributed by atoms with E-state index in [1.54, 1.807) is 19.1 Å². The number of rotatable bonds is 0. The van der Waals surface area contributed by atoms with E-state index in [4.69, 9.17) is 0 Å². The van der Waals surface area contributed by atoms with E-state index < -0.39 is 9.84 Å². The van der Waals surface area contributed by atoms with Crippen molar-refractivity contribution in [2.45, 2.75) is 38.0 Å². The molecular formula is C13H16O2S. The van der Waals surface area contributed by atoms with Crippen LogP contribution in [0, 0.1) is 0 Å². The van der Waals surface area contributed by atoms with Gasteiger partial charge in [0.15, 0.2) is 0 Å². The van der Waals surface area contributed by atoms with Gasteiger partial charge in [-0.25, -0.2) is 8.42 Å². The van der Waals surface area contributed by atoms with E-state index >= 15 is 0 Å².